The Bertz CT molecular complexity index is 866. The Morgan fingerprint density at radius 2 is 1.73 bits per heavy atom. The first-order valence-corrected chi connectivity index (χ1v) is 8.89. The Hall–Kier alpha value is -2.05. The van der Waals surface area contributed by atoms with Crippen molar-refractivity contribution in [1.82, 2.24) is 0 Å². The number of hydrogen-bond donors (Lipinski definition) is 0. The van der Waals surface area contributed by atoms with E-state index in [2.05, 4.69) is 0 Å². The van der Waals surface area contributed by atoms with Crippen LogP contribution in [0, 0.1) is 0 Å². The molecule has 0 aliphatic heterocycles. The third-order valence-electron chi connectivity index (χ3n) is 3.44. The molecule has 0 aliphatic rings. The van der Waals surface area contributed by atoms with E-state index >= 15 is 0 Å². The second-order valence-electron chi connectivity index (χ2n) is 4.77. The Labute approximate surface area is 133 Å². The van der Waals surface area contributed by atoms with Crippen molar-refractivity contribution in [2.24, 2.45) is 0 Å². The molecule has 114 valence electrons. The fraction of sp³-hybridized carbons (Fsp3) is 0.125. The molecule has 2 aromatic carbocycles. The van der Waals surface area contributed by atoms with Crippen molar-refractivity contribution in [3.05, 3.63) is 54.6 Å². The van der Waals surface area contributed by atoms with Gasteiger partial charge in [0, 0.05) is 11.7 Å². The summed E-state index contributed by atoms with van der Waals surface area (Å²) in [4.78, 5) is 0.244. The summed E-state index contributed by atoms with van der Waals surface area (Å²) in [5.41, 5.74) is 0. The van der Waals surface area contributed by atoms with Crippen LogP contribution >= 0.6 is 11.3 Å². The van der Waals surface area contributed by atoms with E-state index in [4.69, 9.17) is 4.74 Å². The molecule has 1 aromatic heterocycles. The van der Waals surface area contributed by atoms with Crippen LogP contribution in [-0.4, -0.2) is 22.6 Å². The number of ether oxygens (including phenoxy) is 1. The summed E-state index contributed by atoms with van der Waals surface area (Å²) in [7, 11) is -0.454. The summed E-state index contributed by atoms with van der Waals surface area (Å²) < 4.78 is 32.8. The average Bonchev–Trinajstić information content (AvgIpc) is 2.98. The third kappa shape index (κ3) is 2.55. The van der Waals surface area contributed by atoms with E-state index in [0.717, 1.165) is 10.1 Å². The van der Waals surface area contributed by atoms with Gasteiger partial charge < -0.3 is 4.74 Å². The van der Waals surface area contributed by atoms with Crippen molar-refractivity contribution in [1.29, 1.82) is 0 Å². The molecule has 0 spiro atoms. The minimum absolute atomic E-state index is 0.244. The van der Waals surface area contributed by atoms with Crippen molar-refractivity contribution in [3.8, 4) is 5.75 Å². The third-order valence-corrected chi connectivity index (χ3v) is 6.53. The van der Waals surface area contributed by atoms with Gasteiger partial charge in [-0.25, -0.2) is 8.42 Å². The van der Waals surface area contributed by atoms with Gasteiger partial charge in [-0.05, 0) is 41.8 Å². The van der Waals surface area contributed by atoms with E-state index in [1.54, 1.807) is 38.4 Å². The standard InChI is InChI=1S/C16H15NO3S2/c1-17(16-11-12-5-3-4-6-15(12)21-16)22(18,19)14-9-7-13(20-2)8-10-14/h3-11H,1-2H3. The van der Waals surface area contributed by atoms with Gasteiger partial charge in [-0.3, -0.25) is 4.31 Å². The lowest BCUT2D eigenvalue weighted by Crippen LogP contribution is -2.25. The molecule has 0 aliphatic carbocycles. The highest BCUT2D eigenvalue weighted by molar-refractivity contribution is 7.93. The van der Waals surface area contributed by atoms with Crippen molar-refractivity contribution in [3.63, 3.8) is 0 Å². The van der Waals surface area contributed by atoms with Crippen LogP contribution < -0.4 is 9.04 Å². The van der Waals surface area contributed by atoms with E-state index < -0.39 is 10.0 Å². The number of anilines is 1. The normalized spacial score (nSPS) is 11.5. The van der Waals surface area contributed by atoms with Crippen molar-refractivity contribution < 1.29 is 13.2 Å². The molecule has 22 heavy (non-hydrogen) atoms. The lowest BCUT2D eigenvalue weighted by molar-refractivity contribution is 0.414. The van der Waals surface area contributed by atoms with Crippen LogP contribution in [0.3, 0.4) is 0 Å². The highest BCUT2D eigenvalue weighted by Crippen LogP contribution is 2.34. The quantitative estimate of drug-likeness (QED) is 0.731. The van der Waals surface area contributed by atoms with Crippen LogP contribution in [0.15, 0.2) is 59.5 Å². The molecule has 6 heteroatoms. The first-order valence-electron chi connectivity index (χ1n) is 6.64. The summed E-state index contributed by atoms with van der Waals surface area (Å²) in [5, 5.41) is 1.73. The SMILES string of the molecule is COc1ccc(S(=O)(=O)N(C)c2cc3ccccc3s2)cc1. The number of fused-ring (bicyclic) bond motifs is 1. The Morgan fingerprint density at radius 3 is 2.36 bits per heavy atom. The second kappa shape index (κ2) is 5.62. The lowest BCUT2D eigenvalue weighted by atomic mass is 10.3. The average molecular weight is 333 g/mol. The second-order valence-corrected chi connectivity index (χ2v) is 7.80. The topological polar surface area (TPSA) is 46.6 Å². The fourth-order valence-corrected chi connectivity index (χ4v) is 4.57. The number of nitrogens with zero attached hydrogens (tertiary/aromatic N) is 1. The Balaban J connectivity index is 1.99. The molecule has 0 N–H and O–H groups in total. The number of thiophene rings is 1. The van der Waals surface area contributed by atoms with Gasteiger partial charge in [0.2, 0.25) is 0 Å². The zero-order valence-corrected chi connectivity index (χ0v) is 13.8. The number of methoxy groups -OCH3 is 1. The monoisotopic (exact) mass is 333 g/mol. The summed E-state index contributed by atoms with van der Waals surface area (Å²) in [6, 6.07) is 16.1. The van der Waals surface area contributed by atoms with Crippen molar-refractivity contribution in [2.45, 2.75) is 4.90 Å². The van der Waals surface area contributed by atoms with Gasteiger partial charge in [-0.2, -0.15) is 0 Å². The molecule has 0 saturated heterocycles. The van der Waals surface area contributed by atoms with Crippen LogP contribution in [0.4, 0.5) is 5.00 Å². The van der Waals surface area contributed by atoms with Crippen LogP contribution in [0.5, 0.6) is 5.75 Å². The summed E-state index contributed by atoms with van der Waals surface area (Å²) in [6.45, 7) is 0. The molecule has 0 amide bonds. The summed E-state index contributed by atoms with van der Waals surface area (Å²) in [5.74, 6) is 0.628. The molecule has 0 atom stereocenters. The zero-order chi connectivity index (χ0) is 15.7. The molecule has 3 aromatic rings. The fourth-order valence-electron chi connectivity index (χ4n) is 2.15. The van der Waals surface area contributed by atoms with E-state index in [-0.39, 0.29) is 4.90 Å². The number of hydrogen-bond acceptors (Lipinski definition) is 4. The number of benzene rings is 2. The first kappa shape index (κ1) is 14.9. The Kier molecular flexibility index (Phi) is 3.80. The van der Waals surface area contributed by atoms with Gasteiger partial charge in [-0.1, -0.05) is 18.2 Å². The smallest absolute Gasteiger partial charge is 0.264 e. The minimum atomic E-state index is -3.58. The maximum Gasteiger partial charge on any atom is 0.264 e. The molecule has 0 bridgehead atoms. The number of rotatable bonds is 4. The van der Waals surface area contributed by atoms with Gasteiger partial charge in [-0.15, -0.1) is 11.3 Å². The molecule has 0 radical (unpaired) electrons. The maximum atomic E-state index is 12.7. The van der Waals surface area contributed by atoms with Crippen LogP contribution in [0.25, 0.3) is 10.1 Å². The Morgan fingerprint density at radius 1 is 1.05 bits per heavy atom. The van der Waals surface area contributed by atoms with E-state index in [1.165, 1.54) is 15.6 Å². The van der Waals surface area contributed by atoms with Crippen LogP contribution in [0.2, 0.25) is 0 Å². The number of sulfonamides is 1. The van der Waals surface area contributed by atoms with Gasteiger partial charge in [0.25, 0.3) is 10.0 Å². The lowest BCUT2D eigenvalue weighted by Gasteiger charge is -2.17. The highest BCUT2D eigenvalue weighted by atomic mass is 32.2. The molecule has 0 saturated carbocycles. The molecule has 1 heterocycles. The van der Waals surface area contributed by atoms with Crippen molar-refractivity contribution in [2.75, 3.05) is 18.5 Å². The molecule has 4 nitrogen and oxygen atoms in total. The molecule has 3 rings (SSSR count). The molecular formula is C16H15NO3S2. The van der Waals surface area contributed by atoms with Gasteiger partial charge >= 0.3 is 0 Å². The summed E-state index contributed by atoms with van der Waals surface area (Å²) in [6.07, 6.45) is 0. The van der Waals surface area contributed by atoms with Gasteiger partial charge in [0.05, 0.1) is 12.0 Å². The van der Waals surface area contributed by atoms with Crippen LogP contribution in [0.1, 0.15) is 0 Å². The van der Waals surface area contributed by atoms with Crippen LogP contribution in [-0.2, 0) is 10.0 Å². The molecular weight excluding hydrogens is 318 g/mol. The predicted octanol–water partition coefficient (Wildman–Crippen LogP) is 3.74. The van der Waals surface area contributed by atoms with Gasteiger partial charge in [0.1, 0.15) is 10.8 Å². The van der Waals surface area contributed by atoms with Gasteiger partial charge in [0.15, 0.2) is 0 Å². The van der Waals surface area contributed by atoms with E-state index in [1.807, 2.05) is 30.3 Å². The van der Waals surface area contributed by atoms with E-state index in [0.29, 0.717) is 10.8 Å². The summed E-state index contributed by atoms with van der Waals surface area (Å²) >= 11 is 1.46. The molecule has 0 unspecified atom stereocenters. The highest BCUT2D eigenvalue weighted by Gasteiger charge is 2.22. The molecule has 0 fully saturated rings. The zero-order valence-electron chi connectivity index (χ0n) is 12.2. The maximum absolute atomic E-state index is 12.7. The van der Waals surface area contributed by atoms with E-state index in [9.17, 15) is 8.42 Å². The minimum Gasteiger partial charge on any atom is -0.497 e. The predicted molar refractivity (Wildman–Crippen MR) is 90.4 cm³/mol. The first-order chi connectivity index (χ1) is 10.5. The largest absolute Gasteiger partial charge is 0.497 e. The van der Waals surface area contributed by atoms with Crippen molar-refractivity contribution >= 4 is 36.4 Å².